The van der Waals surface area contributed by atoms with Crippen molar-refractivity contribution in [3.63, 3.8) is 0 Å². The second-order valence-electron chi connectivity index (χ2n) is 5.03. The zero-order valence-corrected chi connectivity index (χ0v) is 12.9. The van der Waals surface area contributed by atoms with Gasteiger partial charge in [0.2, 0.25) is 0 Å². The van der Waals surface area contributed by atoms with E-state index >= 15 is 0 Å². The van der Waals surface area contributed by atoms with Gasteiger partial charge in [-0.15, -0.1) is 11.3 Å². The van der Waals surface area contributed by atoms with Crippen LogP contribution in [0.15, 0.2) is 35.7 Å². The van der Waals surface area contributed by atoms with Crippen LogP contribution < -0.4 is 11.3 Å². The van der Waals surface area contributed by atoms with Gasteiger partial charge in [-0.1, -0.05) is 25.1 Å². The Morgan fingerprint density at radius 1 is 1.24 bits per heavy atom. The quantitative estimate of drug-likeness (QED) is 0.574. The second kappa shape index (κ2) is 5.89. The van der Waals surface area contributed by atoms with E-state index in [0.29, 0.717) is 0 Å². The molecule has 0 spiro atoms. The molecule has 0 saturated carbocycles. The molecule has 2 heterocycles. The van der Waals surface area contributed by atoms with Crippen LogP contribution >= 0.6 is 11.3 Å². The maximum Gasteiger partial charge on any atom is 0.0742 e. The third-order valence-electron chi connectivity index (χ3n) is 3.66. The van der Waals surface area contributed by atoms with E-state index in [0.717, 1.165) is 23.4 Å². The zero-order valence-electron chi connectivity index (χ0n) is 12.1. The lowest BCUT2D eigenvalue weighted by atomic mass is 9.96. The number of hydrogen-bond donors (Lipinski definition) is 2. The number of nitrogens with zero attached hydrogens (tertiary/aromatic N) is 2. The Hall–Kier alpha value is -1.82. The van der Waals surface area contributed by atoms with Crippen molar-refractivity contribution < 1.29 is 0 Å². The number of nitrogens with one attached hydrogen (secondary N) is 1. The lowest BCUT2D eigenvalue weighted by Gasteiger charge is -2.20. The molecule has 0 saturated heterocycles. The zero-order chi connectivity index (χ0) is 14.8. The number of rotatable bonds is 4. The van der Waals surface area contributed by atoms with Crippen molar-refractivity contribution in [3.05, 3.63) is 58.2 Å². The fraction of sp³-hybridized carbons (Fsp3) is 0.250. The van der Waals surface area contributed by atoms with E-state index in [1.54, 1.807) is 11.3 Å². The SMILES string of the molecule is CCc1nnc(C)cc1C(NN)c1cccc2ccsc12. The maximum absolute atomic E-state index is 5.88. The first kappa shape index (κ1) is 14.1. The van der Waals surface area contributed by atoms with E-state index in [1.165, 1.54) is 15.6 Å². The molecular weight excluding hydrogens is 280 g/mol. The number of fused-ring (bicyclic) bond motifs is 1. The summed E-state index contributed by atoms with van der Waals surface area (Å²) in [7, 11) is 0. The highest BCUT2D eigenvalue weighted by Crippen LogP contribution is 2.33. The van der Waals surface area contributed by atoms with Crippen LogP contribution in [0.1, 0.15) is 35.5 Å². The van der Waals surface area contributed by atoms with Crippen LogP contribution in [0.2, 0.25) is 0 Å². The smallest absolute Gasteiger partial charge is 0.0742 e. The highest BCUT2D eigenvalue weighted by molar-refractivity contribution is 7.17. The monoisotopic (exact) mass is 298 g/mol. The van der Waals surface area contributed by atoms with E-state index in [9.17, 15) is 0 Å². The van der Waals surface area contributed by atoms with Crippen LogP contribution in [0.3, 0.4) is 0 Å². The van der Waals surface area contributed by atoms with Gasteiger partial charge in [0.05, 0.1) is 17.4 Å². The van der Waals surface area contributed by atoms with Gasteiger partial charge in [-0.3, -0.25) is 5.84 Å². The fourth-order valence-electron chi connectivity index (χ4n) is 2.65. The van der Waals surface area contributed by atoms with Crippen LogP contribution in [-0.4, -0.2) is 10.2 Å². The minimum Gasteiger partial charge on any atom is -0.271 e. The molecule has 4 nitrogen and oxygen atoms in total. The summed E-state index contributed by atoms with van der Waals surface area (Å²) in [6, 6.07) is 10.5. The largest absolute Gasteiger partial charge is 0.271 e. The first-order valence-electron chi connectivity index (χ1n) is 7.00. The average Bonchev–Trinajstić information content (AvgIpc) is 2.97. The molecule has 1 unspecified atom stereocenters. The number of nitrogens with two attached hydrogens (primary N) is 1. The molecule has 1 atom stereocenters. The molecule has 1 aromatic carbocycles. The highest BCUT2D eigenvalue weighted by Gasteiger charge is 2.19. The van der Waals surface area contributed by atoms with Crippen LogP contribution in [0, 0.1) is 6.92 Å². The van der Waals surface area contributed by atoms with E-state index in [2.05, 4.69) is 58.3 Å². The van der Waals surface area contributed by atoms with Crippen LogP contribution in [-0.2, 0) is 6.42 Å². The Kier molecular flexibility index (Phi) is 3.96. The topological polar surface area (TPSA) is 63.8 Å². The summed E-state index contributed by atoms with van der Waals surface area (Å²) in [6.07, 6.45) is 0.835. The summed E-state index contributed by atoms with van der Waals surface area (Å²) in [5, 5.41) is 11.8. The molecule has 108 valence electrons. The summed E-state index contributed by atoms with van der Waals surface area (Å²) in [5.74, 6) is 5.88. The first-order valence-corrected chi connectivity index (χ1v) is 7.88. The predicted molar refractivity (Wildman–Crippen MR) is 87.1 cm³/mol. The van der Waals surface area contributed by atoms with Gasteiger partial charge >= 0.3 is 0 Å². The molecule has 0 bridgehead atoms. The minimum absolute atomic E-state index is 0.0727. The van der Waals surface area contributed by atoms with Gasteiger partial charge in [0.15, 0.2) is 0 Å². The number of aryl methyl sites for hydroxylation is 2. The van der Waals surface area contributed by atoms with Gasteiger partial charge in [0.1, 0.15) is 0 Å². The summed E-state index contributed by atoms with van der Waals surface area (Å²) >= 11 is 1.74. The van der Waals surface area contributed by atoms with Crippen molar-refractivity contribution in [2.45, 2.75) is 26.3 Å². The van der Waals surface area contributed by atoms with Gasteiger partial charge in [-0.25, -0.2) is 5.43 Å². The molecule has 3 rings (SSSR count). The molecule has 0 aliphatic heterocycles. The fourth-order valence-corrected chi connectivity index (χ4v) is 3.59. The second-order valence-corrected chi connectivity index (χ2v) is 5.94. The van der Waals surface area contributed by atoms with Gasteiger partial charge < -0.3 is 0 Å². The van der Waals surface area contributed by atoms with Gasteiger partial charge in [0.25, 0.3) is 0 Å². The number of aromatic nitrogens is 2. The number of benzene rings is 1. The molecule has 3 aromatic rings. The summed E-state index contributed by atoms with van der Waals surface area (Å²) in [5.41, 5.74) is 7.14. The van der Waals surface area contributed by atoms with Crippen molar-refractivity contribution in [2.24, 2.45) is 5.84 Å². The van der Waals surface area contributed by atoms with E-state index < -0.39 is 0 Å². The Morgan fingerprint density at radius 2 is 2.10 bits per heavy atom. The van der Waals surface area contributed by atoms with Crippen molar-refractivity contribution >= 4 is 21.4 Å². The molecule has 2 aromatic heterocycles. The Balaban J connectivity index is 2.19. The summed E-state index contributed by atoms with van der Waals surface area (Å²) in [4.78, 5) is 0. The number of hydrogen-bond acceptors (Lipinski definition) is 5. The Morgan fingerprint density at radius 3 is 2.86 bits per heavy atom. The first-order chi connectivity index (χ1) is 10.2. The highest BCUT2D eigenvalue weighted by atomic mass is 32.1. The molecule has 0 aliphatic carbocycles. The minimum atomic E-state index is -0.0727. The lowest BCUT2D eigenvalue weighted by Crippen LogP contribution is -2.30. The molecule has 0 radical (unpaired) electrons. The normalized spacial score (nSPS) is 12.7. The maximum atomic E-state index is 5.88. The molecule has 0 fully saturated rings. The number of thiophene rings is 1. The van der Waals surface area contributed by atoms with Crippen LogP contribution in [0.5, 0.6) is 0 Å². The molecule has 5 heteroatoms. The predicted octanol–water partition coefficient (Wildman–Crippen LogP) is 3.11. The molecular formula is C16H18N4S. The third-order valence-corrected chi connectivity index (χ3v) is 4.64. The molecule has 0 aliphatic rings. The average molecular weight is 298 g/mol. The van der Waals surface area contributed by atoms with Crippen LogP contribution in [0.4, 0.5) is 0 Å². The Bertz CT molecular complexity index is 766. The summed E-state index contributed by atoms with van der Waals surface area (Å²) < 4.78 is 1.26. The van der Waals surface area contributed by atoms with Crippen molar-refractivity contribution in [3.8, 4) is 0 Å². The number of hydrazine groups is 1. The lowest BCUT2D eigenvalue weighted by molar-refractivity contribution is 0.626. The van der Waals surface area contributed by atoms with Gasteiger partial charge in [-0.2, -0.15) is 10.2 Å². The van der Waals surface area contributed by atoms with Crippen molar-refractivity contribution in [2.75, 3.05) is 0 Å². The third kappa shape index (κ3) is 2.55. The molecule has 3 N–H and O–H groups in total. The van der Waals surface area contributed by atoms with Crippen molar-refractivity contribution in [1.29, 1.82) is 0 Å². The summed E-state index contributed by atoms with van der Waals surface area (Å²) in [6.45, 7) is 4.04. The standard InChI is InChI=1S/C16H18N4S/c1-3-14-13(9-10(2)19-20-14)15(18-17)12-6-4-5-11-7-8-21-16(11)12/h4-9,15,18H,3,17H2,1-2H3. The van der Waals surface area contributed by atoms with Crippen molar-refractivity contribution in [1.82, 2.24) is 15.6 Å². The molecule has 0 amide bonds. The van der Waals surface area contributed by atoms with E-state index in [4.69, 9.17) is 5.84 Å². The van der Waals surface area contributed by atoms with E-state index in [-0.39, 0.29) is 6.04 Å². The van der Waals surface area contributed by atoms with Crippen LogP contribution in [0.25, 0.3) is 10.1 Å². The molecule has 21 heavy (non-hydrogen) atoms. The van der Waals surface area contributed by atoms with Gasteiger partial charge in [0, 0.05) is 10.3 Å². The Labute approximate surface area is 128 Å². The van der Waals surface area contributed by atoms with E-state index in [1.807, 2.05) is 6.92 Å². The van der Waals surface area contributed by atoms with Gasteiger partial charge in [-0.05, 0) is 41.8 Å².